The molecule has 0 aliphatic rings. The van der Waals surface area contributed by atoms with Crippen LogP contribution in [0, 0.1) is 0 Å². The third-order valence-corrected chi connectivity index (χ3v) is 3.34. The Kier molecular flexibility index (Phi) is 3.03. The zero-order valence-electron chi connectivity index (χ0n) is 9.95. The van der Waals surface area contributed by atoms with E-state index < -0.39 is 0 Å². The quantitative estimate of drug-likeness (QED) is 0.526. The van der Waals surface area contributed by atoms with Gasteiger partial charge in [-0.1, -0.05) is 30.3 Å². The number of fused-ring (bicyclic) bond motifs is 1. The lowest BCUT2D eigenvalue weighted by molar-refractivity contribution is -0.662. The Labute approximate surface area is 112 Å². The van der Waals surface area contributed by atoms with E-state index in [9.17, 15) is 0 Å². The summed E-state index contributed by atoms with van der Waals surface area (Å²) >= 11 is 4.38. The standard InChI is InChI=1S/C16H13NS/c18-15-8-9-16-14(11-15)7-4-10-17(16)12-13-5-2-1-3-6-13/h1-11H,12H2/p+1. The van der Waals surface area contributed by atoms with Crippen molar-refractivity contribution < 1.29 is 4.57 Å². The SMILES string of the molecule is Sc1ccc2c(ccc[n+]2Cc2ccccc2)c1. The van der Waals surface area contributed by atoms with Crippen LogP contribution in [-0.4, -0.2) is 0 Å². The predicted molar refractivity (Wildman–Crippen MR) is 76.9 cm³/mol. The maximum absolute atomic E-state index is 4.38. The molecule has 0 spiro atoms. The summed E-state index contributed by atoms with van der Waals surface area (Å²) in [6.45, 7) is 0.893. The lowest BCUT2D eigenvalue weighted by atomic mass is 10.2. The molecule has 0 saturated heterocycles. The van der Waals surface area contributed by atoms with E-state index in [0.29, 0.717) is 0 Å². The van der Waals surface area contributed by atoms with Crippen molar-refractivity contribution in [3.05, 3.63) is 72.4 Å². The second-order valence-electron chi connectivity index (χ2n) is 4.36. The molecule has 3 rings (SSSR count). The first-order valence-electron chi connectivity index (χ1n) is 5.98. The minimum atomic E-state index is 0.893. The zero-order chi connectivity index (χ0) is 12.4. The van der Waals surface area contributed by atoms with Gasteiger partial charge in [-0.25, -0.2) is 0 Å². The average molecular weight is 252 g/mol. The molecule has 0 aliphatic heterocycles. The summed E-state index contributed by atoms with van der Waals surface area (Å²) in [5.41, 5.74) is 2.55. The van der Waals surface area contributed by atoms with Crippen molar-refractivity contribution in [1.82, 2.24) is 0 Å². The maximum atomic E-state index is 4.38. The van der Waals surface area contributed by atoms with Crippen molar-refractivity contribution in [2.24, 2.45) is 0 Å². The Hall–Kier alpha value is -1.80. The number of nitrogens with zero attached hydrogens (tertiary/aromatic N) is 1. The smallest absolute Gasteiger partial charge is 0.194 e. The Morgan fingerprint density at radius 1 is 0.889 bits per heavy atom. The van der Waals surface area contributed by atoms with Crippen LogP contribution in [0.2, 0.25) is 0 Å². The molecule has 1 heterocycles. The van der Waals surface area contributed by atoms with E-state index in [0.717, 1.165) is 11.4 Å². The molecule has 1 nitrogen and oxygen atoms in total. The van der Waals surface area contributed by atoms with Crippen LogP contribution in [0.3, 0.4) is 0 Å². The second-order valence-corrected chi connectivity index (χ2v) is 4.88. The Bertz CT molecular complexity index is 677. The molecule has 0 saturated carbocycles. The summed E-state index contributed by atoms with van der Waals surface area (Å²) in [4.78, 5) is 1.000. The summed E-state index contributed by atoms with van der Waals surface area (Å²) in [5, 5.41) is 1.22. The average Bonchev–Trinajstić information content (AvgIpc) is 2.40. The molecule has 3 aromatic rings. The van der Waals surface area contributed by atoms with Gasteiger partial charge in [0.2, 0.25) is 5.52 Å². The van der Waals surface area contributed by atoms with Crippen molar-refractivity contribution >= 4 is 23.5 Å². The number of rotatable bonds is 2. The summed E-state index contributed by atoms with van der Waals surface area (Å²) in [5.74, 6) is 0. The highest BCUT2D eigenvalue weighted by Crippen LogP contribution is 2.15. The number of hydrogen-bond acceptors (Lipinski definition) is 1. The number of hydrogen-bond donors (Lipinski definition) is 1. The van der Waals surface area contributed by atoms with Crippen LogP contribution in [-0.2, 0) is 6.54 Å². The highest BCUT2D eigenvalue weighted by molar-refractivity contribution is 7.80. The molecule has 0 fully saturated rings. The predicted octanol–water partition coefficient (Wildman–Crippen LogP) is 3.46. The van der Waals surface area contributed by atoms with Crippen LogP contribution in [0.1, 0.15) is 5.56 Å². The van der Waals surface area contributed by atoms with E-state index in [4.69, 9.17) is 0 Å². The topological polar surface area (TPSA) is 3.88 Å². The molecule has 0 aliphatic carbocycles. The van der Waals surface area contributed by atoms with Crippen molar-refractivity contribution in [3.8, 4) is 0 Å². The van der Waals surface area contributed by atoms with Crippen molar-refractivity contribution in [2.45, 2.75) is 11.4 Å². The minimum Gasteiger partial charge on any atom is -0.194 e. The van der Waals surface area contributed by atoms with Gasteiger partial charge in [-0.05, 0) is 18.2 Å². The van der Waals surface area contributed by atoms with E-state index in [1.807, 2.05) is 12.1 Å². The minimum absolute atomic E-state index is 0.893. The van der Waals surface area contributed by atoms with E-state index in [2.05, 4.69) is 71.9 Å². The summed E-state index contributed by atoms with van der Waals surface area (Å²) in [7, 11) is 0. The van der Waals surface area contributed by atoms with E-state index in [1.54, 1.807) is 0 Å². The molecule has 0 bridgehead atoms. The van der Waals surface area contributed by atoms with E-state index >= 15 is 0 Å². The van der Waals surface area contributed by atoms with Crippen molar-refractivity contribution in [2.75, 3.05) is 0 Å². The fourth-order valence-electron chi connectivity index (χ4n) is 2.19. The summed E-state index contributed by atoms with van der Waals surface area (Å²) < 4.78 is 2.26. The first-order valence-corrected chi connectivity index (χ1v) is 6.43. The van der Waals surface area contributed by atoms with Crippen LogP contribution in [0.15, 0.2) is 71.8 Å². The number of thiol groups is 1. The van der Waals surface area contributed by atoms with Gasteiger partial charge in [0.15, 0.2) is 12.7 Å². The first-order chi connectivity index (χ1) is 8.83. The fourth-order valence-corrected chi connectivity index (χ4v) is 2.40. The molecule has 0 atom stereocenters. The van der Waals surface area contributed by atoms with Gasteiger partial charge in [0.1, 0.15) is 0 Å². The van der Waals surface area contributed by atoms with Crippen LogP contribution in [0.5, 0.6) is 0 Å². The van der Waals surface area contributed by atoms with Crippen molar-refractivity contribution in [3.63, 3.8) is 0 Å². The highest BCUT2D eigenvalue weighted by Gasteiger charge is 2.08. The molecule has 2 heteroatoms. The molecule has 18 heavy (non-hydrogen) atoms. The van der Waals surface area contributed by atoms with Crippen LogP contribution in [0.4, 0.5) is 0 Å². The van der Waals surface area contributed by atoms with Gasteiger partial charge in [-0.2, -0.15) is 4.57 Å². The van der Waals surface area contributed by atoms with Gasteiger partial charge < -0.3 is 0 Å². The Morgan fingerprint density at radius 2 is 1.72 bits per heavy atom. The van der Waals surface area contributed by atoms with Gasteiger partial charge in [-0.3, -0.25) is 0 Å². The molecule has 0 radical (unpaired) electrons. The molecule has 88 valence electrons. The zero-order valence-corrected chi connectivity index (χ0v) is 10.8. The monoisotopic (exact) mass is 252 g/mol. The molecule has 0 N–H and O–H groups in total. The Morgan fingerprint density at radius 3 is 2.56 bits per heavy atom. The van der Waals surface area contributed by atoms with Crippen LogP contribution < -0.4 is 4.57 Å². The molecule has 1 aromatic heterocycles. The number of pyridine rings is 1. The van der Waals surface area contributed by atoms with Gasteiger partial charge in [0, 0.05) is 28.0 Å². The largest absolute Gasteiger partial charge is 0.212 e. The van der Waals surface area contributed by atoms with Gasteiger partial charge in [-0.15, -0.1) is 12.6 Å². The molecular formula is C16H14NS+. The van der Waals surface area contributed by atoms with Gasteiger partial charge >= 0.3 is 0 Å². The molecule has 0 unspecified atom stereocenters. The first kappa shape index (κ1) is 11.3. The normalized spacial score (nSPS) is 10.7. The summed E-state index contributed by atoms with van der Waals surface area (Å²) in [6.07, 6.45) is 2.12. The summed E-state index contributed by atoms with van der Waals surface area (Å²) in [6, 6.07) is 21.0. The third-order valence-electron chi connectivity index (χ3n) is 3.06. The lowest BCUT2D eigenvalue weighted by Gasteiger charge is -2.02. The number of benzene rings is 2. The van der Waals surface area contributed by atoms with Crippen LogP contribution >= 0.6 is 12.6 Å². The fraction of sp³-hybridized carbons (Fsp3) is 0.0625. The maximum Gasteiger partial charge on any atom is 0.212 e. The second kappa shape index (κ2) is 4.83. The highest BCUT2D eigenvalue weighted by atomic mass is 32.1. The molecular weight excluding hydrogens is 238 g/mol. The van der Waals surface area contributed by atoms with E-state index in [-0.39, 0.29) is 0 Å². The third kappa shape index (κ3) is 2.24. The molecule has 2 aromatic carbocycles. The van der Waals surface area contributed by atoms with Crippen molar-refractivity contribution in [1.29, 1.82) is 0 Å². The van der Waals surface area contributed by atoms with Crippen LogP contribution in [0.25, 0.3) is 10.9 Å². The van der Waals surface area contributed by atoms with Gasteiger partial charge in [0.25, 0.3) is 0 Å². The van der Waals surface area contributed by atoms with E-state index in [1.165, 1.54) is 16.5 Å². The molecule has 0 amide bonds. The lowest BCUT2D eigenvalue weighted by Crippen LogP contribution is -2.34. The number of aromatic nitrogens is 1. The Balaban J connectivity index is 2.07. The van der Waals surface area contributed by atoms with Gasteiger partial charge in [0.05, 0.1) is 0 Å².